The zero-order chi connectivity index (χ0) is 13.5. The van der Waals surface area contributed by atoms with E-state index in [9.17, 15) is 14.9 Å². The first kappa shape index (κ1) is 13.7. The minimum absolute atomic E-state index is 0.0102. The van der Waals surface area contributed by atoms with Gasteiger partial charge in [0.15, 0.2) is 0 Å². The molecule has 0 bridgehead atoms. The van der Waals surface area contributed by atoms with Crippen LogP contribution in [0, 0.1) is 10.1 Å². The number of rotatable bonds is 5. The lowest BCUT2D eigenvalue weighted by Gasteiger charge is -2.06. The molecule has 0 aliphatic heterocycles. The van der Waals surface area contributed by atoms with Gasteiger partial charge < -0.3 is 10.1 Å². The average molecular weight is 250 g/mol. The van der Waals surface area contributed by atoms with Crippen molar-refractivity contribution in [3.8, 4) is 0 Å². The fraction of sp³-hybridized carbons (Fsp3) is 0.250. The largest absolute Gasteiger partial charge is 0.463 e. The number of hydrogen-bond donors (Lipinski definition) is 1. The van der Waals surface area contributed by atoms with Crippen molar-refractivity contribution >= 4 is 17.3 Å². The number of nitro groups is 1. The Bertz CT molecular complexity index is 483. The summed E-state index contributed by atoms with van der Waals surface area (Å²) in [6.07, 6.45) is 1.29. The predicted molar refractivity (Wildman–Crippen MR) is 67.1 cm³/mol. The third-order valence-corrected chi connectivity index (χ3v) is 2.02. The Morgan fingerprint density at radius 1 is 1.56 bits per heavy atom. The smallest absolute Gasteiger partial charge is 0.332 e. The maximum Gasteiger partial charge on any atom is 0.332 e. The van der Waals surface area contributed by atoms with E-state index in [1.54, 1.807) is 26.0 Å². The van der Waals surface area contributed by atoms with Crippen molar-refractivity contribution in [1.29, 1.82) is 0 Å². The van der Waals surface area contributed by atoms with E-state index >= 15 is 0 Å². The molecule has 6 nitrogen and oxygen atoms in total. The summed E-state index contributed by atoms with van der Waals surface area (Å²) < 4.78 is 4.75. The maximum absolute atomic E-state index is 11.2. The molecule has 0 saturated heterocycles. The van der Waals surface area contributed by atoms with Crippen LogP contribution in [0.15, 0.2) is 36.0 Å². The number of ether oxygens (including phenoxy) is 1. The van der Waals surface area contributed by atoms with Gasteiger partial charge in [0.1, 0.15) is 0 Å². The normalized spacial score (nSPS) is 10.9. The number of non-ortho nitro benzene ring substituents is 1. The minimum atomic E-state index is -0.477. The molecule has 1 aromatic carbocycles. The molecular weight excluding hydrogens is 236 g/mol. The van der Waals surface area contributed by atoms with Crippen LogP contribution >= 0.6 is 0 Å². The van der Waals surface area contributed by atoms with Gasteiger partial charge >= 0.3 is 5.97 Å². The van der Waals surface area contributed by atoms with Crippen LogP contribution in [0.2, 0.25) is 0 Å². The number of carbonyl (C=O) groups is 1. The van der Waals surface area contributed by atoms with Crippen molar-refractivity contribution in [3.63, 3.8) is 0 Å². The summed E-state index contributed by atoms with van der Waals surface area (Å²) in [7, 11) is 0. The van der Waals surface area contributed by atoms with Gasteiger partial charge in [0.2, 0.25) is 0 Å². The number of esters is 1. The highest BCUT2D eigenvalue weighted by Gasteiger charge is 2.06. The second-order valence-corrected chi connectivity index (χ2v) is 3.51. The van der Waals surface area contributed by atoms with Crippen LogP contribution in [-0.4, -0.2) is 17.5 Å². The SMILES string of the molecule is CCOC(=O)/C=C(/C)Nc1cccc([N+](=O)[O-])c1. The number of nitrogens with zero attached hydrogens (tertiary/aromatic N) is 1. The van der Waals surface area contributed by atoms with E-state index in [2.05, 4.69) is 5.32 Å². The second kappa shape index (κ2) is 6.39. The van der Waals surface area contributed by atoms with Crippen molar-refractivity contribution in [1.82, 2.24) is 0 Å². The standard InChI is InChI=1S/C12H14N2O4/c1-3-18-12(15)7-9(2)13-10-5-4-6-11(8-10)14(16)17/h4-8,13H,3H2,1-2H3/b9-7-. The Morgan fingerprint density at radius 3 is 2.89 bits per heavy atom. The summed E-state index contributed by atoms with van der Waals surface area (Å²) in [5.74, 6) is -0.451. The molecule has 0 aliphatic rings. The number of carbonyl (C=O) groups excluding carboxylic acids is 1. The zero-order valence-electron chi connectivity index (χ0n) is 10.2. The first-order valence-electron chi connectivity index (χ1n) is 5.39. The third kappa shape index (κ3) is 4.25. The van der Waals surface area contributed by atoms with Crippen LogP contribution < -0.4 is 5.32 Å². The summed E-state index contributed by atoms with van der Waals surface area (Å²) in [5, 5.41) is 13.5. The molecule has 18 heavy (non-hydrogen) atoms. The van der Waals surface area contributed by atoms with Crippen LogP contribution in [0.4, 0.5) is 11.4 Å². The Morgan fingerprint density at radius 2 is 2.28 bits per heavy atom. The maximum atomic E-state index is 11.2. The molecule has 1 N–H and O–H groups in total. The van der Waals surface area contributed by atoms with Crippen LogP contribution in [0.3, 0.4) is 0 Å². The van der Waals surface area contributed by atoms with Crippen molar-refractivity contribution in [3.05, 3.63) is 46.2 Å². The van der Waals surface area contributed by atoms with E-state index in [-0.39, 0.29) is 5.69 Å². The molecule has 0 aromatic heterocycles. The van der Waals surface area contributed by atoms with E-state index in [0.717, 1.165) is 0 Å². The first-order valence-corrected chi connectivity index (χ1v) is 5.39. The molecule has 0 unspecified atom stereocenters. The number of nitro benzene ring substituents is 1. The molecule has 0 heterocycles. The molecule has 0 amide bonds. The molecule has 96 valence electrons. The zero-order valence-corrected chi connectivity index (χ0v) is 10.2. The predicted octanol–water partition coefficient (Wildman–Crippen LogP) is 2.47. The van der Waals surface area contributed by atoms with Crippen molar-refractivity contribution in [2.24, 2.45) is 0 Å². The number of nitrogens with one attached hydrogen (secondary N) is 1. The highest BCUT2D eigenvalue weighted by molar-refractivity contribution is 5.83. The summed E-state index contributed by atoms with van der Waals surface area (Å²) in [6, 6.07) is 6.03. The van der Waals surface area contributed by atoms with Gasteiger partial charge in [0.25, 0.3) is 5.69 Å². The third-order valence-electron chi connectivity index (χ3n) is 2.02. The molecule has 0 aliphatic carbocycles. The molecule has 0 fully saturated rings. The summed E-state index contributed by atoms with van der Waals surface area (Å²) >= 11 is 0. The highest BCUT2D eigenvalue weighted by atomic mass is 16.6. The molecule has 0 atom stereocenters. The number of hydrogen-bond acceptors (Lipinski definition) is 5. The summed E-state index contributed by atoms with van der Waals surface area (Å²) in [5.41, 5.74) is 1.08. The number of allylic oxidation sites excluding steroid dienone is 1. The second-order valence-electron chi connectivity index (χ2n) is 3.51. The Balaban J connectivity index is 2.75. The van der Waals surface area contributed by atoms with Gasteiger partial charge in [-0.25, -0.2) is 4.79 Å². The summed E-state index contributed by atoms with van der Waals surface area (Å²) in [6.45, 7) is 3.70. The van der Waals surface area contributed by atoms with Crippen molar-refractivity contribution in [2.45, 2.75) is 13.8 Å². The Labute approximate surface area is 104 Å². The van der Waals surface area contributed by atoms with Crippen LogP contribution in [0.1, 0.15) is 13.8 Å². The van der Waals surface area contributed by atoms with E-state index in [1.165, 1.54) is 18.2 Å². The van der Waals surface area contributed by atoms with Crippen LogP contribution in [0.5, 0.6) is 0 Å². The van der Waals surface area contributed by atoms with Gasteiger partial charge in [-0.05, 0) is 19.9 Å². The minimum Gasteiger partial charge on any atom is -0.463 e. The number of anilines is 1. The van der Waals surface area contributed by atoms with Crippen molar-refractivity contribution in [2.75, 3.05) is 11.9 Å². The Hall–Kier alpha value is -2.37. The first-order chi connectivity index (χ1) is 8.52. The van der Waals surface area contributed by atoms with E-state index < -0.39 is 10.9 Å². The molecule has 0 spiro atoms. The van der Waals surface area contributed by atoms with Gasteiger partial charge in [0.05, 0.1) is 11.5 Å². The quantitative estimate of drug-likeness (QED) is 0.375. The fourth-order valence-corrected chi connectivity index (χ4v) is 1.32. The van der Waals surface area contributed by atoms with E-state index in [4.69, 9.17) is 4.74 Å². The van der Waals surface area contributed by atoms with Gasteiger partial charge in [-0.1, -0.05) is 6.07 Å². The van der Waals surface area contributed by atoms with Gasteiger partial charge in [0, 0.05) is 29.6 Å². The lowest BCUT2D eigenvalue weighted by molar-refractivity contribution is -0.384. The topological polar surface area (TPSA) is 81.5 Å². The molecule has 6 heteroatoms. The van der Waals surface area contributed by atoms with E-state index in [1.807, 2.05) is 0 Å². The van der Waals surface area contributed by atoms with Gasteiger partial charge in [-0.2, -0.15) is 0 Å². The monoisotopic (exact) mass is 250 g/mol. The molecule has 0 saturated carbocycles. The Kier molecular flexibility index (Phi) is 4.86. The number of benzene rings is 1. The highest BCUT2D eigenvalue weighted by Crippen LogP contribution is 2.18. The van der Waals surface area contributed by atoms with E-state index in [0.29, 0.717) is 18.0 Å². The van der Waals surface area contributed by atoms with Gasteiger partial charge in [-0.3, -0.25) is 10.1 Å². The van der Waals surface area contributed by atoms with Crippen LogP contribution in [0.25, 0.3) is 0 Å². The van der Waals surface area contributed by atoms with Gasteiger partial charge in [-0.15, -0.1) is 0 Å². The summed E-state index contributed by atoms with van der Waals surface area (Å²) in [4.78, 5) is 21.3. The molecule has 1 rings (SSSR count). The lowest BCUT2D eigenvalue weighted by atomic mass is 10.2. The molecule has 0 radical (unpaired) electrons. The lowest BCUT2D eigenvalue weighted by Crippen LogP contribution is -2.04. The molecular formula is C12H14N2O4. The average Bonchev–Trinajstić information content (AvgIpc) is 2.29. The van der Waals surface area contributed by atoms with Crippen molar-refractivity contribution < 1.29 is 14.5 Å². The molecule has 1 aromatic rings. The van der Waals surface area contributed by atoms with Crippen LogP contribution in [-0.2, 0) is 9.53 Å². The fourth-order valence-electron chi connectivity index (χ4n) is 1.32.